The molecule has 17 nitrogen and oxygen atoms in total. The van der Waals surface area contributed by atoms with Crippen LogP contribution in [0.1, 0.15) is 58.5 Å². The van der Waals surface area contributed by atoms with Gasteiger partial charge in [0, 0.05) is 66.8 Å². The van der Waals surface area contributed by atoms with Crippen LogP contribution < -0.4 is 14.4 Å². The third-order valence-electron chi connectivity index (χ3n) is 13.8. The van der Waals surface area contributed by atoms with Crippen LogP contribution in [-0.4, -0.2) is 152 Å². The number of imidazole rings is 1. The zero-order valence-corrected chi connectivity index (χ0v) is 39.9. The van der Waals surface area contributed by atoms with Crippen LogP contribution in [0.15, 0.2) is 47.5 Å². The molecule has 4 fully saturated rings. The predicted molar refractivity (Wildman–Crippen MR) is 254 cm³/mol. The maximum Gasteiger partial charge on any atom is 0.296 e. The van der Waals surface area contributed by atoms with Crippen LogP contribution in [0, 0.1) is 26.7 Å². The maximum absolute atomic E-state index is 14.1. The third-order valence-corrected chi connectivity index (χ3v) is 15.6. The van der Waals surface area contributed by atoms with E-state index in [-0.39, 0.29) is 37.7 Å². The van der Waals surface area contributed by atoms with Crippen LogP contribution in [0.3, 0.4) is 0 Å². The van der Waals surface area contributed by atoms with Gasteiger partial charge < -0.3 is 38.8 Å². The number of halogens is 2. The summed E-state index contributed by atoms with van der Waals surface area (Å²) in [6.45, 7) is 12.4. The Hall–Kier alpha value is -5.21. The number of aryl methyl sites for hydroxylation is 2. The summed E-state index contributed by atoms with van der Waals surface area (Å²) in [5, 5.41) is 21.3. The SMILES string of the molecule is COc1nc(N2CCC(CN3CCN(C(=O)C[C@@H]4N=C(c5ccc(Cl)cc5)c5c(sc(C)c5C)-n5c(C)nnc54)CC3)CC2)ccc1-c1nc2nc(O[C@@H]3CO[C@H]4[C@@H]3OC[C@H]4O)[nH]c2cc1Cl. The number of carbonyl (C=O) groups is 1. The average molecular weight is 969 g/mol. The number of aliphatic hydroxyl groups excluding tert-OH is 1. The van der Waals surface area contributed by atoms with E-state index < -0.39 is 24.4 Å². The van der Waals surface area contributed by atoms with Gasteiger partial charge in [-0.25, -0.2) is 4.98 Å². The molecule has 5 atom stereocenters. The van der Waals surface area contributed by atoms with E-state index in [9.17, 15) is 9.90 Å². The van der Waals surface area contributed by atoms with E-state index >= 15 is 0 Å². The van der Waals surface area contributed by atoms with Crippen molar-refractivity contribution in [1.82, 2.24) is 44.5 Å². The number of nitrogens with one attached hydrogen (secondary N) is 1. The Morgan fingerprint density at radius 3 is 2.49 bits per heavy atom. The quantitative estimate of drug-likeness (QED) is 0.160. The molecule has 67 heavy (non-hydrogen) atoms. The molecule has 6 aromatic rings. The molecule has 2 N–H and O–H groups in total. The number of thiophene rings is 1. The number of nitrogens with zero attached hydrogens (tertiary/aromatic N) is 10. The molecule has 0 saturated carbocycles. The molecule has 20 heteroatoms. The van der Waals surface area contributed by atoms with Crippen LogP contribution >= 0.6 is 34.5 Å². The minimum Gasteiger partial charge on any atom is -0.480 e. The summed E-state index contributed by atoms with van der Waals surface area (Å²) < 4.78 is 25.4. The Morgan fingerprint density at radius 2 is 1.72 bits per heavy atom. The van der Waals surface area contributed by atoms with Crippen LogP contribution in [0.25, 0.3) is 27.4 Å². The molecule has 0 aliphatic carbocycles. The number of amides is 1. The number of rotatable bonds is 10. The van der Waals surface area contributed by atoms with Crippen molar-refractivity contribution in [2.24, 2.45) is 10.9 Å². The zero-order valence-electron chi connectivity index (χ0n) is 37.6. The van der Waals surface area contributed by atoms with E-state index in [2.05, 4.69) is 48.4 Å². The molecule has 5 aliphatic heterocycles. The lowest BCUT2D eigenvalue weighted by atomic mass is 9.95. The first-order chi connectivity index (χ1) is 32.5. The number of hydrogen-bond donors (Lipinski definition) is 2. The first kappa shape index (κ1) is 44.3. The summed E-state index contributed by atoms with van der Waals surface area (Å²) in [5.41, 5.74) is 6.22. The van der Waals surface area contributed by atoms with E-state index in [1.54, 1.807) is 24.5 Å². The summed E-state index contributed by atoms with van der Waals surface area (Å²) in [6.07, 6.45) is 0.404. The normalized spacial score (nSPS) is 23.3. The van der Waals surface area contributed by atoms with Crippen molar-refractivity contribution in [3.05, 3.63) is 85.7 Å². The number of aromatic amines is 1. The number of carbonyl (C=O) groups excluding carboxylic acids is 1. The highest BCUT2D eigenvalue weighted by Crippen LogP contribution is 2.41. The molecule has 5 aliphatic rings. The number of pyridine rings is 2. The fourth-order valence-electron chi connectivity index (χ4n) is 10.1. The molecule has 0 spiro atoms. The molecule has 4 saturated heterocycles. The van der Waals surface area contributed by atoms with Crippen molar-refractivity contribution in [1.29, 1.82) is 0 Å². The van der Waals surface area contributed by atoms with E-state index in [0.29, 0.717) is 63.2 Å². The predicted octanol–water partition coefficient (Wildman–Crippen LogP) is 6.15. The fraction of sp³-hybridized carbons (Fsp3) is 0.468. The number of benzene rings is 1. The van der Waals surface area contributed by atoms with Gasteiger partial charge in [0.15, 0.2) is 17.6 Å². The van der Waals surface area contributed by atoms with Gasteiger partial charge in [-0.15, -0.1) is 21.5 Å². The number of hydrogen-bond acceptors (Lipinski definition) is 15. The lowest BCUT2D eigenvalue weighted by Gasteiger charge is -2.39. The second-order valence-corrected chi connectivity index (χ2v) is 20.0. The largest absolute Gasteiger partial charge is 0.480 e. The van der Waals surface area contributed by atoms with Crippen molar-refractivity contribution in [3.8, 4) is 28.1 Å². The lowest BCUT2D eigenvalue weighted by molar-refractivity contribution is -0.133. The molecule has 1 amide bonds. The molecule has 1 aromatic carbocycles. The van der Waals surface area contributed by atoms with Crippen molar-refractivity contribution in [3.63, 3.8) is 0 Å². The Morgan fingerprint density at radius 1 is 0.940 bits per heavy atom. The van der Waals surface area contributed by atoms with Gasteiger partial charge in [-0.2, -0.15) is 9.97 Å². The van der Waals surface area contributed by atoms with E-state index in [4.69, 9.17) is 57.1 Å². The highest BCUT2D eigenvalue weighted by Gasteiger charge is 2.49. The highest BCUT2D eigenvalue weighted by molar-refractivity contribution is 7.15. The first-order valence-corrected chi connectivity index (χ1v) is 24.4. The minimum absolute atomic E-state index is 0.0748. The summed E-state index contributed by atoms with van der Waals surface area (Å²) in [5.74, 6) is 3.34. The molecule has 5 aromatic heterocycles. The number of aliphatic imine (C=N–C) groups is 1. The number of aliphatic hydroxyl groups is 1. The van der Waals surface area contributed by atoms with Gasteiger partial charge in [-0.05, 0) is 75.4 Å². The zero-order chi connectivity index (χ0) is 46.1. The van der Waals surface area contributed by atoms with E-state index in [1.807, 2.05) is 48.2 Å². The van der Waals surface area contributed by atoms with Gasteiger partial charge in [0.05, 0.1) is 54.3 Å². The fourth-order valence-corrected chi connectivity index (χ4v) is 11.7. The van der Waals surface area contributed by atoms with Crippen molar-refractivity contribution >= 4 is 63.1 Å². The van der Waals surface area contributed by atoms with Gasteiger partial charge in [-0.1, -0.05) is 35.3 Å². The minimum atomic E-state index is -0.670. The topological polar surface area (TPSA) is 181 Å². The summed E-state index contributed by atoms with van der Waals surface area (Å²) in [4.78, 5) is 44.8. The molecule has 11 rings (SSSR count). The van der Waals surface area contributed by atoms with Crippen molar-refractivity contribution in [2.75, 3.05) is 71.0 Å². The van der Waals surface area contributed by atoms with Gasteiger partial charge >= 0.3 is 0 Å². The number of H-pyrrole nitrogens is 1. The van der Waals surface area contributed by atoms with Gasteiger partial charge in [0.1, 0.15) is 41.0 Å². The number of piperazine rings is 1. The molecule has 0 radical (unpaired) electrons. The molecular weight excluding hydrogens is 918 g/mol. The molecular formula is C47H51Cl2N11O6S. The van der Waals surface area contributed by atoms with Gasteiger partial charge in [0.25, 0.3) is 6.01 Å². The van der Waals surface area contributed by atoms with Crippen molar-refractivity contribution < 1.29 is 28.8 Å². The number of aromatic nitrogens is 7. The van der Waals surface area contributed by atoms with Crippen molar-refractivity contribution in [2.45, 2.75) is 70.5 Å². The number of methoxy groups -OCH3 is 1. The Kier molecular flexibility index (Phi) is 11.9. The van der Waals surface area contributed by atoms with Crippen LogP contribution in [0.4, 0.5) is 5.82 Å². The Labute approximate surface area is 401 Å². The second kappa shape index (κ2) is 18.0. The van der Waals surface area contributed by atoms with Crippen LogP contribution in [0.5, 0.6) is 11.9 Å². The van der Waals surface area contributed by atoms with Gasteiger partial charge in [0.2, 0.25) is 11.8 Å². The number of fused-ring (bicyclic) bond motifs is 5. The average Bonchev–Trinajstić information content (AvgIpc) is 4.15. The van der Waals surface area contributed by atoms with Crippen LogP contribution in [-0.2, 0) is 14.3 Å². The smallest absolute Gasteiger partial charge is 0.296 e. The summed E-state index contributed by atoms with van der Waals surface area (Å²) >= 11 is 14.8. The number of anilines is 1. The summed E-state index contributed by atoms with van der Waals surface area (Å²) in [6, 6.07) is 13.2. The second-order valence-electron chi connectivity index (χ2n) is 18.0. The van der Waals surface area contributed by atoms with E-state index in [1.165, 1.54) is 4.88 Å². The molecule has 0 bridgehead atoms. The Balaban J connectivity index is 0.702. The highest BCUT2D eigenvalue weighted by atomic mass is 35.5. The molecule has 0 unspecified atom stereocenters. The first-order valence-electron chi connectivity index (χ1n) is 22.8. The molecule has 350 valence electrons. The number of ether oxygens (including phenoxy) is 4. The van der Waals surface area contributed by atoms with Crippen LogP contribution in [0.2, 0.25) is 10.0 Å². The summed E-state index contributed by atoms with van der Waals surface area (Å²) in [7, 11) is 1.60. The standard InChI is InChI=1S/C47H51Cl2N11O6S/c1-24-25(2)67-46-38(24)39(28-5-7-29(48)8-6-28)50-33(44-56-55-26(3)60(44)46)20-37(62)59-17-15-57(16-18-59)21-27-11-13-58(14-12-27)36-10-9-30(45(52-36)63-4)40-31(49)19-32-43(53-40)54-47(51-32)66-35-23-65-41-34(61)22-64-42(35)41/h5-10,19,27,33-35,41-42,61H,11-18,20-23H2,1-4H3,(H,51,53,54)/t33-,34+,35+,41+,42+/m0/s1. The van der Waals surface area contributed by atoms with E-state index in [0.717, 1.165) is 84.6 Å². The third kappa shape index (κ3) is 8.33. The Bertz CT molecular complexity index is 2870. The maximum atomic E-state index is 14.1. The van der Waals surface area contributed by atoms with Gasteiger partial charge in [-0.3, -0.25) is 19.3 Å². The number of piperidine rings is 1. The molecule has 10 heterocycles. The monoisotopic (exact) mass is 967 g/mol. The lowest BCUT2D eigenvalue weighted by Crippen LogP contribution is -2.50.